The summed E-state index contributed by atoms with van der Waals surface area (Å²) in [4.78, 5) is 8.33. The molecule has 1 aromatic heterocycles. The van der Waals surface area contributed by atoms with E-state index >= 15 is 0 Å². The number of nitrogens with two attached hydrogens (primary N) is 2. The summed E-state index contributed by atoms with van der Waals surface area (Å²) in [5.41, 5.74) is 15.1. The maximum atomic E-state index is 13.6. The molecule has 2 aliphatic carbocycles. The van der Waals surface area contributed by atoms with E-state index in [1.807, 2.05) is 48.5 Å². The second-order valence-electron chi connectivity index (χ2n) is 14.8. The lowest BCUT2D eigenvalue weighted by Crippen LogP contribution is -2.21. The second kappa shape index (κ2) is 19.2. The van der Waals surface area contributed by atoms with Crippen molar-refractivity contribution in [2.75, 3.05) is 38.9 Å². The van der Waals surface area contributed by atoms with Gasteiger partial charge in [-0.15, -0.1) is 0 Å². The molecule has 1 heterocycles. The van der Waals surface area contributed by atoms with E-state index in [1.165, 1.54) is 42.9 Å². The van der Waals surface area contributed by atoms with Crippen LogP contribution >= 0.6 is 0 Å². The number of nitriles is 1. The molecule has 9 nitrogen and oxygen atoms in total. The fraction of sp³-hybridized carbons (Fsp3) is 0.400. The maximum Gasteiger partial charge on any atom is 0.222 e. The minimum Gasteiger partial charge on any atom is -0.496 e. The molecule has 7 rings (SSSR count). The summed E-state index contributed by atoms with van der Waals surface area (Å²) in [5.74, 6) is 5.43. The Morgan fingerprint density at radius 3 is 1.64 bits per heavy atom. The van der Waals surface area contributed by atoms with E-state index in [4.69, 9.17) is 35.7 Å². The Morgan fingerprint density at radius 1 is 0.618 bits per heavy atom. The number of aromatic nitrogens is 2. The summed E-state index contributed by atoms with van der Waals surface area (Å²) in [6, 6.07) is 28.7. The second-order valence-corrected chi connectivity index (χ2v) is 14.8. The van der Waals surface area contributed by atoms with Crippen molar-refractivity contribution in [1.29, 1.82) is 5.26 Å². The summed E-state index contributed by atoms with van der Waals surface area (Å²) >= 11 is 0. The highest BCUT2D eigenvalue weighted by molar-refractivity contribution is 5.94. The third-order valence-corrected chi connectivity index (χ3v) is 11.1. The van der Waals surface area contributed by atoms with Gasteiger partial charge in [-0.25, -0.2) is 9.37 Å². The van der Waals surface area contributed by atoms with Gasteiger partial charge in [0, 0.05) is 0 Å². The topological polar surface area (TPSA) is 139 Å². The van der Waals surface area contributed by atoms with Crippen LogP contribution in [-0.2, 0) is 12.8 Å². The fourth-order valence-electron chi connectivity index (χ4n) is 8.04. The van der Waals surface area contributed by atoms with E-state index in [0.717, 1.165) is 61.2 Å². The first-order valence-corrected chi connectivity index (χ1v) is 19.3. The number of ether oxygens (including phenoxy) is 4. The molecule has 0 saturated heterocycles. The zero-order chi connectivity index (χ0) is 38.6. The van der Waals surface area contributed by atoms with Gasteiger partial charge in [-0.2, -0.15) is 10.2 Å². The Labute approximate surface area is 323 Å². The Hall–Kier alpha value is -5.56. The van der Waals surface area contributed by atoms with Crippen molar-refractivity contribution in [2.24, 2.45) is 23.7 Å². The number of hydrogen-bond acceptors (Lipinski definition) is 9. The first kappa shape index (κ1) is 39.1. The van der Waals surface area contributed by atoms with E-state index in [-0.39, 0.29) is 11.5 Å². The van der Waals surface area contributed by atoms with Gasteiger partial charge in [0.1, 0.15) is 46.3 Å². The van der Waals surface area contributed by atoms with Crippen LogP contribution in [0.25, 0.3) is 10.9 Å². The molecule has 0 bridgehead atoms. The molecule has 2 aliphatic rings. The molecule has 0 amide bonds. The average Bonchev–Trinajstić information content (AvgIpc) is 3.21. The molecule has 0 unspecified atom stereocenters. The van der Waals surface area contributed by atoms with Crippen LogP contribution in [0.3, 0.4) is 0 Å². The number of fused-ring (bicyclic) bond motifs is 1. The SMILES string of the molecule is COc1ccccc1CC1CCC(COc2cccc(F)c2C#N)CC1.COc1ccccc1CC1CCC(COc2cccc3nc(N)nc(N)c23)CC1. The highest BCUT2D eigenvalue weighted by Gasteiger charge is 2.25. The van der Waals surface area contributed by atoms with Gasteiger partial charge >= 0.3 is 0 Å². The molecule has 288 valence electrons. The van der Waals surface area contributed by atoms with Crippen molar-refractivity contribution >= 4 is 22.7 Å². The monoisotopic (exact) mass is 745 g/mol. The first-order valence-electron chi connectivity index (χ1n) is 19.3. The molecular weight excluding hydrogens is 694 g/mol. The standard InChI is InChI=1S/C23H28N4O2.C22H24FNO2/c1-28-19-7-3-2-5-17(19)13-15-9-11-16(12-10-15)14-29-20-8-4-6-18-21(20)22(24)27-23(25)26-18;1-25-21-7-3-2-5-18(21)13-16-9-11-17(12-10-16)15-26-22-8-4-6-20(23)19(22)14-24/h2-8,15-16H,9-14H2,1H3,(H4,24,25,26,27);2-8,16-17H,9-13,15H2,1H3. The molecule has 55 heavy (non-hydrogen) atoms. The number of halogens is 1. The molecule has 4 N–H and O–H groups in total. The molecule has 2 saturated carbocycles. The van der Waals surface area contributed by atoms with Gasteiger partial charge in [-0.05, 0) is 135 Å². The summed E-state index contributed by atoms with van der Waals surface area (Å²) in [6.07, 6.45) is 11.4. The van der Waals surface area contributed by atoms with Crippen LogP contribution in [0, 0.1) is 40.8 Å². The van der Waals surface area contributed by atoms with E-state index in [9.17, 15) is 4.39 Å². The van der Waals surface area contributed by atoms with Gasteiger partial charge in [0.05, 0.1) is 38.3 Å². The van der Waals surface area contributed by atoms with Gasteiger partial charge in [0.15, 0.2) is 0 Å². The number of hydrogen-bond donors (Lipinski definition) is 2. The predicted octanol–water partition coefficient (Wildman–Crippen LogP) is 9.36. The van der Waals surface area contributed by atoms with Crippen LogP contribution in [0.15, 0.2) is 84.9 Å². The van der Waals surface area contributed by atoms with E-state index in [1.54, 1.807) is 26.4 Å². The van der Waals surface area contributed by atoms with Crippen molar-refractivity contribution in [3.8, 4) is 29.1 Å². The molecule has 10 heteroatoms. The Kier molecular flexibility index (Phi) is 13.6. The van der Waals surface area contributed by atoms with Crippen molar-refractivity contribution in [3.63, 3.8) is 0 Å². The fourth-order valence-corrected chi connectivity index (χ4v) is 8.04. The predicted molar refractivity (Wildman–Crippen MR) is 215 cm³/mol. The van der Waals surface area contributed by atoms with Crippen LogP contribution in [0.5, 0.6) is 23.0 Å². The Morgan fingerprint density at radius 2 is 1.09 bits per heavy atom. The number of methoxy groups -OCH3 is 2. The lowest BCUT2D eigenvalue weighted by molar-refractivity contribution is 0.181. The van der Waals surface area contributed by atoms with Crippen molar-refractivity contribution in [2.45, 2.75) is 64.2 Å². The largest absolute Gasteiger partial charge is 0.496 e. The Balaban J connectivity index is 0.000000188. The number of nitrogens with zero attached hydrogens (tertiary/aromatic N) is 3. The smallest absolute Gasteiger partial charge is 0.222 e. The molecule has 4 aromatic carbocycles. The van der Waals surface area contributed by atoms with Crippen LogP contribution in [0.2, 0.25) is 0 Å². The summed E-state index contributed by atoms with van der Waals surface area (Å²) in [6.45, 7) is 1.23. The minimum absolute atomic E-state index is 0.00245. The molecule has 0 atom stereocenters. The van der Waals surface area contributed by atoms with Crippen LogP contribution in [-0.4, -0.2) is 37.4 Å². The quantitative estimate of drug-likeness (QED) is 0.128. The van der Waals surface area contributed by atoms with E-state index in [2.05, 4.69) is 34.2 Å². The Bertz CT molecular complexity index is 2050. The van der Waals surface area contributed by atoms with E-state index < -0.39 is 5.82 Å². The van der Waals surface area contributed by atoms with Gasteiger partial charge in [-0.1, -0.05) is 48.5 Å². The van der Waals surface area contributed by atoms with Crippen LogP contribution in [0.1, 0.15) is 68.1 Å². The van der Waals surface area contributed by atoms with Crippen LogP contribution < -0.4 is 30.4 Å². The molecule has 0 radical (unpaired) electrons. The lowest BCUT2D eigenvalue weighted by Gasteiger charge is -2.29. The third-order valence-electron chi connectivity index (χ3n) is 11.1. The highest BCUT2D eigenvalue weighted by atomic mass is 19.1. The molecule has 0 aliphatic heterocycles. The third kappa shape index (κ3) is 10.4. The van der Waals surface area contributed by atoms with E-state index in [0.29, 0.717) is 54.0 Å². The van der Waals surface area contributed by atoms with Crippen LogP contribution in [0.4, 0.5) is 16.2 Å². The zero-order valence-electron chi connectivity index (χ0n) is 31.9. The van der Waals surface area contributed by atoms with Gasteiger partial charge in [0.2, 0.25) is 5.95 Å². The van der Waals surface area contributed by atoms with Crippen molar-refractivity contribution in [1.82, 2.24) is 9.97 Å². The maximum absolute atomic E-state index is 13.6. The average molecular weight is 746 g/mol. The molecular formula is C45H52FN5O4. The van der Waals surface area contributed by atoms with Gasteiger partial charge < -0.3 is 30.4 Å². The van der Waals surface area contributed by atoms with Gasteiger partial charge in [0.25, 0.3) is 0 Å². The number of anilines is 2. The molecule has 5 aromatic rings. The first-order chi connectivity index (χ1) is 26.8. The normalized spacial score (nSPS) is 19.4. The van der Waals surface area contributed by atoms with Crippen molar-refractivity contribution in [3.05, 3.63) is 107 Å². The minimum atomic E-state index is -0.523. The lowest BCUT2D eigenvalue weighted by atomic mass is 9.79. The number of rotatable bonds is 12. The molecule has 2 fully saturated rings. The number of benzene rings is 4. The zero-order valence-corrected chi connectivity index (χ0v) is 31.9. The highest BCUT2D eigenvalue weighted by Crippen LogP contribution is 2.36. The van der Waals surface area contributed by atoms with Crippen molar-refractivity contribution < 1.29 is 23.3 Å². The number of nitrogen functional groups attached to an aromatic ring is 2. The summed E-state index contributed by atoms with van der Waals surface area (Å²) in [5, 5.41) is 9.82. The number of para-hydroxylation sites is 2. The van der Waals surface area contributed by atoms with Gasteiger partial charge in [-0.3, -0.25) is 0 Å². The summed E-state index contributed by atoms with van der Waals surface area (Å²) < 4.78 is 36.5. The molecule has 0 spiro atoms. The summed E-state index contributed by atoms with van der Waals surface area (Å²) in [7, 11) is 3.46.